The van der Waals surface area contributed by atoms with Crippen LogP contribution in [0.1, 0.15) is 64.9 Å². The van der Waals surface area contributed by atoms with E-state index in [0.717, 1.165) is 43.0 Å². The van der Waals surface area contributed by atoms with Crippen molar-refractivity contribution in [2.45, 2.75) is 56.2 Å². The highest BCUT2D eigenvalue weighted by Gasteiger charge is 2.55. The molecule has 2 unspecified atom stereocenters. The first-order valence-electron chi connectivity index (χ1n) is 13.0. The van der Waals surface area contributed by atoms with Crippen molar-refractivity contribution in [3.05, 3.63) is 47.5 Å². The van der Waals surface area contributed by atoms with Crippen LogP contribution in [0.2, 0.25) is 0 Å². The van der Waals surface area contributed by atoms with Crippen molar-refractivity contribution in [3.8, 4) is 5.75 Å². The van der Waals surface area contributed by atoms with E-state index in [9.17, 15) is 19.5 Å². The minimum atomic E-state index is -1.15. The predicted octanol–water partition coefficient (Wildman–Crippen LogP) is 1.95. The Kier molecular flexibility index (Phi) is 6.03. The maximum atomic E-state index is 12.5. The number of aromatic amines is 1. The Morgan fingerprint density at radius 2 is 1.95 bits per heavy atom. The third-order valence-electron chi connectivity index (χ3n) is 8.11. The molecule has 3 heterocycles. The van der Waals surface area contributed by atoms with Gasteiger partial charge in [0.05, 0.1) is 16.8 Å². The number of H-pyrrole nitrogens is 1. The number of rotatable bonds is 4. The number of hydrogen-bond acceptors (Lipinski definition) is 8. The topological polar surface area (TPSA) is 193 Å². The summed E-state index contributed by atoms with van der Waals surface area (Å²) in [4.78, 5) is 45.7. The maximum absolute atomic E-state index is 12.5. The number of carbonyl (C=O) groups is 3. The fourth-order valence-electron chi connectivity index (χ4n) is 7.06. The first kappa shape index (κ1) is 25.3. The van der Waals surface area contributed by atoms with Crippen molar-refractivity contribution < 1.29 is 29.3 Å². The molecule has 0 radical (unpaired) electrons. The zero-order valence-electron chi connectivity index (χ0n) is 21.2. The van der Waals surface area contributed by atoms with Gasteiger partial charge in [0.1, 0.15) is 23.2 Å². The molecule has 0 spiro atoms. The predicted molar refractivity (Wildman–Crippen MR) is 139 cm³/mol. The quantitative estimate of drug-likeness (QED) is 0.290. The van der Waals surface area contributed by atoms with Crippen molar-refractivity contribution in [2.75, 3.05) is 11.9 Å². The number of benzene rings is 1. The summed E-state index contributed by atoms with van der Waals surface area (Å²) in [6.07, 6.45) is 9.02. The Morgan fingerprint density at radius 3 is 2.64 bits per heavy atom. The molecule has 4 aliphatic carbocycles. The number of amides is 2. The second kappa shape index (κ2) is 9.31. The largest absolute Gasteiger partial charge is 0.482 e. The molecule has 1 aromatic carbocycles. The number of hydrogen-bond donors (Lipinski definition) is 6. The number of carboxylic acid groups (broad SMARTS) is 1. The third-order valence-corrected chi connectivity index (χ3v) is 8.11. The lowest BCUT2D eigenvalue weighted by Crippen LogP contribution is -2.62. The second-order valence-electron chi connectivity index (χ2n) is 11.4. The van der Waals surface area contributed by atoms with Crippen molar-refractivity contribution >= 4 is 34.5 Å². The molecular formula is C27H30N6O6. The van der Waals surface area contributed by atoms with Gasteiger partial charge in [-0.15, -0.1) is 0 Å². The van der Waals surface area contributed by atoms with E-state index in [1.807, 2.05) is 0 Å². The van der Waals surface area contributed by atoms with Crippen LogP contribution in [0.4, 0.5) is 5.69 Å². The highest BCUT2D eigenvalue weighted by molar-refractivity contribution is 6.08. The molecule has 2 amide bonds. The van der Waals surface area contributed by atoms with E-state index < -0.39 is 11.9 Å². The summed E-state index contributed by atoms with van der Waals surface area (Å²) in [5.41, 5.74) is 7.60. The van der Waals surface area contributed by atoms with E-state index in [1.165, 1.54) is 25.5 Å². The molecular weight excluding hydrogens is 504 g/mol. The van der Waals surface area contributed by atoms with E-state index in [1.54, 1.807) is 18.2 Å². The van der Waals surface area contributed by atoms with Crippen molar-refractivity contribution in [3.63, 3.8) is 0 Å². The summed E-state index contributed by atoms with van der Waals surface area (Å²) in [6.45, 7) is 0.154. The summed E-state index contributed by atoms with van der Waals surface area (Å²) in [7, 11) is 0. The van der Waals surface area contributed by atoms with Crippen molar-refractivity contribution in [1.29, 1.82) is 0 Å². The molecule has 12 heteroatoms. The molecule has 8 rings (SSSR count). The van der Waals surface area contributed by atoms with Crippen molar-refractivity contribution in [1.82, 2.24) is 20.3 Å². The molecule has 4 fully saturated rings. The lowest BCUT2D eigenvalue weighted by Gasteiger charge is -2.58. The molecule has 39 heavy (non-hydrogen) atoms. The van der Waals surface area contributed by atoms with Crippen LogP contribution >= 0.6 is 0 Å². The normalized spacial score (nSPS) is 28.1. The Balaban J connectivity index is 0.000000190. The summed E-state index contributed by atoms with van der Waals surface area (Å²) in [5, 5.41) is 24.7. The molecule has 5 aliphatic rings. The van der Waals surface area contributed by atoms with Crippen LogP contribution in [0, 0.1) is 11.8 Å². The van der Waals surface area contributed by atoms with Crippen LogP contribution < -0.4 is 21.1 Å². The Morgan fingerprint density at radius 1 is 1.18 bits per heavy atom. The van der Waals surface area contributed by atoms with Crippen LogP contribution in [0.25, 0.3) is 11.0 Å². The van der Waals surface area contributed by atoms with E-state index in [-0.39, 0.29) is 52.5 Å². The molecule has 2 aromatic heterocycles. The van der Waals surface area contributed by atoms with Crippen LogP contribution in [0.5, 0.6) is 5.75 Å². The number of nitrogens with one attached hydrogen (secondary N) is 3. The molecule has 1 aliphatic heterocycles. The summed E-state index contributed by atoms with van der Waals surface area (Å²) in [6, 6.07) is 5.19. The fourth-order valence-corrected chi connectivity index (χ4v) is 7.06. The van der Waals surface area contributed by atoms with Gasteiger partial charge in [0, 0.05) is 18.3 Å². The number of ether oxygens (including phenoxy) is 1. The average Bonchev–Trinajstić information content (AvgIpc) is 3.30. The number of anilines is 1. The lowest BCUT2D eigenvalue weighted by atomic mass is 9.51. The van der Waals surface area contributed by atoms with Crippen LogP contribution in [-0.4, -0.2) is 60.7 Å². The van der Waals surface area contributed by atoms with E-state index in [2.05, 4.69) is 25.6 Å². The van der Waals surface area contributed by atoms with Crippen LogP contribution in [0.15, 0.2) is 30.7 Å². The van der Waals surface area contributed by atoms with Gasteiger partial charge in [-0.1, -0.05) is 6.07 Å². The molecule has 3 aromatic rings. The number of fused-ring (bicyclic) bond motifs is 2. The Labute approximate surface area is 223 Å². The zero-order valence-corrected chi connectivity index (χ0v) is 21.2. The maximum Gasteiger partial charge on any atom is 0.339 e. The summed E-state index contributed by atoms with van der Waals surface area (Å²) in [5.74, 6) is 0.161. The molecule has 4 saturated carbocycles. The number of aromatic nitrogens is 3. The van der Waals surface area contributed by atoms with Gasteiger partial charge >= 0.3 is 5.97 Å². The monoisotopic (exact) mass is 534 g/mol. The molecule has 204 valence electrons. The smallest absolute Gasteiger partial charge is 0.339 e. The standard InChI is InChI=1S/C17H13N5O5.C10H17NO/c23-12-6-27-11-2-1-8(3-10(11)22-12)4-19-16(24)15-14-13(20-7-21-15)9(5-18-14)17(25)26;11-9-2-7-1-8(3-9)5-10(12,4-7)6-9/h1-3,5,7,18H,4,6H2,(H,19,24)(H,22,23)(H,25,26);7-8,12H,1-6,11H2. The van der Waals surface area contributed by atoms with Crippen LogP contribution in [-0.2, 0) is 11.3 Å². The number of carbonyl (C=O) groups excluding carboxylic acids is 2. The summed E-state index contributed by atoms with van der Waals surface area (Å²) < 4.78 is 5.29. The number of nitrogens with zero attached hydrogens (tertiary/aromatic N) is 2. The first-order valence-corrected chi connectivity index (χ1v) is 13.0. The Bertz CT molecular complexity index is 1450. The molecule has 12 nitrogen and oxygen atoms in total. The van der Waals surface area contributed by atoms with E-state index in [0.29, 0.717) is 11.4 Å². The van der Waals surface area contributed by atoms with Gasteiger partial charge in [0.15, 0.2) is 12.3 Å². The zero-order chi connectivity index (χ0) is 27.4. The average molecular weight is 535 g/mol. The van der Waals surface area contributed by atoms with Gasteiger partial charge < -0.3 is 36.3 Å². The van der Waals surface area contributed by atoms with Crippen molar-refractivity contribution in [2.24, 2.45) is 17.6 Å². The molecule has 7 N–H and O–H groups in total. The highest BCUT2D eigenvalue weighted by Crippen LogP contribution is 2.56. The number of nitrogens with two attached hydrogens (primary N) is 1. The van der Waals surface area contributed by atoms with Gasteiger partial charge in [0.2, 0.25) is 0 Å². The number of aromatic carboxylic acids is 1. The second-order valence-corrected chi connectivity index (χ2v) is 11.4. The number of aliphatic hydroxyl groups is 1. The van der Waals surface area contributed by atoms with Crippen LogP contribution in [0.3, 0.4) is 0 Å². The SMILES string of the molecule is NC12CC3CC(C1)CC(O)(C3)C2.O=C1COc2ccc(CNC(=O)c3ncnc4c(C(=O)O)c[nH]c34)cc2N1. The molecule has 4 bridgehead atoms. The van der Waals surface area contributed by atoms with E-state index >= 15 is 0 Å². The molecule has 0 saturated heterocycles. The highest BCUT2D eigenvalue weighted by atomic mass is 16.5. The van der Waals surface area contributed by atoms with Gasteiger partial charge in [-0.25, -0.2) is 14.8 Å². The molecule has 2 atom stereocenters. The lowest BCUT2D eigenvalue weighted by molar-refractivity contribution is -0.133. The minimum Gasteiger partial charge on any atom is -0.482 e. The minimum absolute atomic E-state index is 0.0127. The first-order chi connectivity index (χ1) is 18.6. The van der Waals surface area contributed by atoms with Gasteiger partial charge in [-0.3, -0.25) is 9.59 Å². The van der Waals surface area contributed by atoms with Gasteiger partial charge in [0.25, 0.3) is 11.8 Å². The van der Waals surface area contributed by atoms with Gasteiger partial charge in [-0.2, -0.15) is 0 Å². The number of carboxylic acids is 1. The third kappa shape index (κ3) is 4.92. The fraction of sp³-hybridized carbons (Fsp3) is 0.444. The van der Waals surface area contributed by atoms with E-state index in [4.69, 9.17) is 15.6 Å². The van der Waals surface area contributed by atoms with Gasteiger partial charge in [-0.05, 0) is 68.1 Å². The summed E-state index contributed by atoms with van der Waals surface area (Å²) >= 11 is 0. The Hall–Kier alpha value is -4.03.